The van der Waals surface area contributed by atoms with Crippen LogP contribution in [0, 0.1) is 16.0 Å². The fourth-order valence-electron chi connectivity index (χ4n) is 1.88. The second kappa shape index (κ2) is 7.43. The maximum absolute atomic E-state index is 10.9. The number of hydrogen-bond donors (Lipinski definition) is 2. The lowest BCUT2D eigenvalue weighted by atomic mass is 10.1. The number of nitro benzene ring substituents is 1. The third-order valence-electron chi connectivity index (χ3n) is 2.72. The molecule has 0 aromatic heterocycles. The summed E-state index contributed by atoms with van der Waals surface area (Å²) in [5.74, 6) is 0.409. The molecule has 5 nitrogen and oxygen atoms in total. The molecular formula is C13H19ClN2O3. The Hall–Kier alpha value is -1.17. The molecule has 19 heavy (non-hydrogen) atoms. The van der Waals surface area contributed by atoms with Gasteiger partial charge in [-0.25, -0.2) is 0 Å². The summed E-state index contributed by atoms with van der Waals surface area (Å²) in [7, 11) is 0. The lowest BCUT2D eigenvalue weighted by Crippen LogP contribution is -2.27. The Kier molecular flexibility index (Phi) is 6.21. The molecule has 2 N–H and O–H groups in total. The molecule has 0 aliphatic heterocycles. The summed E-state index contributed by atoms with van der Waals surface area (Å²) in [6.45, 7) is 4.72. The highest BCUT2D eigenvalue weighted by atomic mass is 35.5. The molecule has 1 aromatic carbocycles. The Morgan fingerprint density at radius 2 is 2.16 bits per heavy atom. The van der Waals surface area contributed by atoms with Gasteiger partial charge in [0.25, 0.3) is 5.69 Å². The standard InChI is InChI=1S/C13H19ClN2O3/c1-9(2)6-10(17)7-15-8-11-12(14)4-3-5-13(11)16(18)19/h3-5,9-10,15,17H,6-8H2,1-2H3. The molecule has 0 saturated carbocycles. The predicted octanol–water partition coefficient (Wildman–Crippen LogP) is 2.74. The number of hydrogen-bond acceptors (Lipinski definition) is 4. The van der Waals surface area contributed by atoms with E-state index in [0.717, 1.165) is 0 Å². The van der Waals surface area contributed by atoms with E-state index in [1.165, 1.54) is 6.07 Å². The molecule has 0 spiro atoms. The summed E-state index contributed by atoms with van der Waals surface area (Å²) >= 11 is 5.97. The Labute approximate surface area is 117 Å². The highest BCUT2D eigenvalue weighted by Gasteiger charge is 2.16. The van der Waals surface area contributed by atoms with E-state index in [9.17, 15) is 15.2 Å². The Balaban J connectivity index is 2.60. The quantitative estimate of drug-likeness (QED) is 0.597. The van der Waals surface area contributed by atoms with E-state index in [-0.39, 0.29) is 12.2 Å². The normalized spacial score (nSPS) is 12.7. The molecule has 0 bridgehead atoms. The molecule has 106 valence electrons. The number of aliphatic hydroxyl groups is 1. The monoisotopic (exact) mass is 286 g/mol. The van der Waals surface area contributed by atoms with Crippen LogP contribution in [-0.4, -0.2) is 22.7 Å². The molecule has 0 fully saturated rings. The maximum Gasteiger partial charge on any atom is 0.275 e. The zero-order chi connectivity index (χ0) is 14.4. The summed E-state index contributed by atoms with van der Waals surface area (Å²) in [4.78, 5) is 10.4. The third kappa shape index (κ3) is 5.14. The largest absolute Gasteiger partial charge is 0.392 e. The Morgan fingerprint density at radius 1 is 1.47 bits per heavy atom. The molecule has 1 rings (SSSR count). The van der Waals surface area contributed by atoms with Crippen LogP contribution in [0.15, 0.2) is 18.2 Å². The number of benzene rings is 1. The van der Waals surface area contributed by atoms with E-state index >= 15 is 0 Å². The van der Waals surface area contributed by atoms with E-state index in [4.69, 9.17) is 11.6 Å². The van der Waals surface area contributed by atoms with Crippen LogP contribution in [0.1, 0.15) is 25.8 Å². The van der Waals surface area contributed by atoms with E-state index < -0.39 is 11.0 Å². The van der Waals surface area contributed by atoms with Crippen LogP contribution in [0.5, 0.6) is 0 Å². The van der Waals surface area contributed by atoms with Gasteiger partial charge in [0.05, 0.1) is 21.6 Å². The highest BCUT2D eigenvalue weighted by molar-refractivity contribution is 6.31. The van der Waals surface area contributed by atoms with Crippen molar-refractivity contribution in [3.63, 3.8) is 0 Å². The molecule has 0 radical (unpaired) electrons. The molecule has 6 heteroatoms. The van der Waals surface area contributed by atoms with Gasteiger partial charge >= 0.3 is 0 Å². The second-order valence-corrected chi connectivity index (χ2v) is 5.32. The van der Waals surface area contributed by atoms with Gasteiger partial charge in [0.2, 0.25) is 0 Å². The maximum atomic E-state index is 10.9. The first-order valence-electron chi connectivity index (χ1n) is 6.22. The lowest BCUT2D eigenvalue weighted by molar-refractivity contribution is -0.385. The second-order valence-electron chi connectivity index (χ2n) is 4.91. The Bertz CT molecular complexity index is 438. The molecule has 0 amide bonds. The van der Waals surface area contributed by atoms with Crippen molar-refractivity contribution in [1.29, 1.82) is 0 Å². The minimum atomic E-state index is -0.457. The number of aliphatic hydroxyl groups excluding tert-OH is 1. The van der Waals surface area contributed by atoms with E-state index in [0.29, 0.717) is 29.5 Å². The first kappa shape index (κ1) is 15.9. The van der Waals surface area contributed by atoms with Crippen molar-refractivity contribution in [3.8, 4) is 0 Å². The molecular weight excluding hydrogens is 268 g/mol. The number of nitrogens with zero attached hydrogens (tertiary/aromatic N) is 1. The van der Waals surface area contributed by atoms with Crippen LogP contribution in [0.25, 0.3) is 0 Å². The van der Waals surface area contributed by atoms with Crippen LogP contribution in [0.2, 0.25) is 5.02 Å². The topological polar surface area (TPSA) is 75.4 Å². The van der Waals surface area contributed by atoms with Crippen molar-refractivity contribution in [2.75, 3.05) is 6.54 Å². The summed E-state index contributed by atoms with van der Waals surface area (Å²) in [6, 6.07) is 4.60. The van der Waals surface area contributed by atoms with Gasteiger partial charge in [-0.2, -0.15) is 0 Å². The average Bonchev–Trinajstić information content (AvgIpc) is 2.29. The average molecular weight is 287 g/mol. The van der Waals surface area contributed by atoms with Gasteiger partial charge in [0.1, 0.15) is 0 Å². The van der Waals surface area contributed by atoms with Crippen molar-refractivity contribution in [3.05, 3.63) is 38.9 Å². The van der Waals surface area contributed by atoms with Gasteiger partial charge in [0.15, 0.2) is 0 Å². The molecule has 1 unspecified atom stereocenters. The van der Waals surface area contributed by atoms with Crippen LogP contribution in [-0.2, 0) is 6.54 Å². The minimum absolute atomic E-state index is 0.00153. The SMILES string of the molecule is CC(C)CC(O)CNCc1c(Cl)cccc1[N+](=O)[O-]. The first-order valence-corrected chi connectivity index (χ1v) is 6.60. The van der Waals surface area contributed by atoms with Crippen LogP contribution < -0.4 is 5.32 Å². The highest BCUT2D eigenvalue weighted by Crippen LogP contribution is 2.25. The van der Waals surface area contributed by atoms with Gasteiger partial charge in [-0.1, -0.05) is 31.5 Å². The number of nitro groups is 1. The zero-order valence-electron chi connectivity index (χ0n) is 11.1. The van der Waals surface area contributed by atoms with Gasteiger partial charge < -0.3 is 10.4 Å². The Morgan fingerprint density at radius 3 is 2.74 bits per heavy atom. The zero-order valence-corrected chi connectivity index (χ0v) is 11.9. The van der Waals surface area contributed by atoms with Crippen molar-refractivity contribution in [2.24, 2.45) is 5.92 Å². The van der Waals surface area contributed by atoms with Crippen LogP contribution in [0.4, 0.5) is 5.69 Å². The lowest BCUT2D eigenvalue weighted by Gasteiger charge is -2.14. The van der Waals surface area contributed by atoms with Crippen molar-refractivity contribution < 1.29 is 10.0 Å². The summed E-state index contributed by atoms with van der Waals surface area (Å²) in [6.07, 6.45) is 0.235. The summed E-state index contributed by atoms with van der Waals surface area (Å²) in [5.41, 5.74) is 0.448. The molecule has 0 aliphatic carbocycles. The van der Waals surface area contributed by atoms with Crippen molar-refractivity contribution in [2.45, 2.75) is 32.9 Å². The molecule has 1 aromatic rings. The van der Waals surface area contributed by atoms with Crippen molar-refractivity contribution >= 4 is 17.3 Å². The summed E-state index contributed by atoms with van der Waals surface area (Å²) < 4.78 is 0. The van der Waals surface area contributed by atoms with E-state index in [1.54, 1.807) is 12.1 Å². The first-order chi connectivity index (χ1) is 8.91. The molecule has 1 atom stereocenters. The minimum Gasteiger partial charge on any atom is -0.392 e. The van der Waals surface area contributed by atoms with Gasteiger partial charge in [-0.15, -0.1) is 0 Å². The molecule has 0 heterocycles. The molecule has 0 saturated heterocycles. The van der Waals surface area contributed by atoms with Crippen LogP contribution in [0.3, 0.4) is 0 Å². The third-order valence-corrected chi connectivity index (χ3v) is 3.07. The fraction of sp³-hybridized carbons (Fsp3) is 0.538. The number of halogens is 1. The predicted molar refractivity (Wildman–Crippen MR) is 75.3 cm³/mol. The smallest absolute Gasteiger partial charge is 0.275 e. The van der Waals surface area contributed by atoms with Gasteiger partial charge in [-0.05, 0) is 18.4 Å². The van der Waals surface area contributed by atoms with E-state index in [2.05, 4.69) is 5.32 Å². The van der Waals surface area contributed by atoms with Gasteiger partial charge in [-0.3, -0.25) is 10.1 Å². The van der Waals surface area contributed by atoms with Gasteiger partial charge in [0, 0.05) is 19.2 Å². The molecule has 0 aliphatic rings. The van der Waals surface area contributed by atoms with Crippen LogP contribution >= 0.6 is 11.6 Å². The number of nitrogens with one attached hydrogen (secondary N) is 1. The summed E-state index contributed by atoms with van der Waals surface area (Å²) in [5, 5.41) is 24.0. The number of rotatable bonds is 7. The van der Waals surface area contributed by atoms with E-state index in [1.807, 2.05) is 13.8 Å². The van der Waals surface area contributed by atoms with Crippen molar-refractivity contribution in [1.82, 2.24) is 5.32 Å². The fourth-order valence-corrected chi connectivity index (χ4v) is 2.12.